The molecule has 0 aromatic carbocycles. The maximum Gasteiger partial charge on any atom is 0.270 e. The molecule has 17 heavy (non-hydrogen) atoms. The monoisotopic (exact) mass is 232 g/mol. The van der Waals surface area contributed by atoms with Crippen LogP contribution in [0.1, 0.15) is 35.7 Å². The smallest absolute Gasteiger partial charge is 0.270 e. The zero-order valence-electron chi connectivity index (χ0n) is 10.5. The van der Waals surface area contributed by atoms with Crippen LogP contribution in [-0.4, -0.2) is 26.5 Å². The van der Waals surface area contributed by atoms with Crippen LogP contribution < -0.4 is 5.32 Å². The highest BCUT2D eigenvalue weighted by Crippen LogP contribution is 2.09. The first-order valence-corrected chi connectivity index (χ1v) is 5.62. The van der Waals surface area contributed by atoms with Gasteiger partial charge < -0.3 is 5.32 Å². The maximum atomic E-state index is 11.9. The molecule has 0 aliphatic carbocycles. The number of nitrogens with one attached hydrogen (secondary N) is 1. The summed E-state index contributed by atoms with van der Waals surface area (Å²) in [5.41, 5.74) is 2.93. The molecule has 0 aliphatic rings. The van der Waals surface area contributed by atoms with Crippen LogP contribution in [0, 0.1) is 13.8 Å². The third-order valence-electron chi connectivity index (χ3n) is 2.38. The van der Waals surface area contributed by atoms with Gasteiger partial charge in [0, 0.05) is 17.8 Å². The van der Waals surface area contributed by atoms with Crippen LogP contribution in [0.3, 0.4) is 0 Å². The highest BCUT2D eigenvalue weighted by atomic mass is 16.1. The van der Waals surface area contributed by atoms with Gasteiger partial charge in [-0.2, -0.15) is 5.10 Å². The molecule has 0 bridgehead atoms. The SMILES string of the molecule is Cc1cc2nc(C(=O)NC(C)C)cc(C)n2n1. The third kappa shape index (κ3) is 2.27. The Balaban J connectivity index is 2.46. The van der Waals surface area contributed by atoms with Crippen molar-refractivity contribution < 1.29 is 4.79 Å². The number of aromatic nitrogens is 3. The van der Waals surface area contributed by atoms with E-state index in [0.29, 0.717) is 11.3 Å². The average Bonchev–Trinajstić information content (AvgIpc) is 2.58. The topological polar surface area (TPSA) is 59.3 Å². The van der Waals surface area contributed by atoms with E-state index in [-0.39, 0.29) is 11.9 Å². The number of amides is 1. The van der Waals surface area contributed by atoms with Crippen molar-refractivity contribution in [3.63, 3.8) is 0 Å². The number of nitrogens with zero attached hydrogens (tertiary/aromatic N) is 3. The van der Waals surface area contributed by atoms with Crippen LogP contribution >= 0.6 is 0 Å². The van der Waals surface area contributed by atoms with Crippen LogP contribution in [0.15, 0.2) is 12.1 Å². The molecule has 5 heteroatoms. The van der Waals surface area contributed by atoms with E-state index in [1.54, 1.807) is 10.6 Å². The minimum absolute atomic E-state index is 0.104. The van der Waals surface area contributed by atoms with Crippen molar-refractivity contribution in [2.75, 3.05) is 0 Å². The van der Waals surface area contributed by atoms with Crippen LogP contribution in [0.4, 0.5) is 0 Å². The molecule has 0 aliphatic heterocycles. The zero-order valence-corrected chi connectivity index (χ0v) is 10.5. The van der Waals surface area contributed by atoms with Gasteiger partial charge in [-0.25, -0.2) is 9.50 Å². The number of rotatable bonds is 2. The number of hydrogen-bond donors (Lipinski definition) is 1. The van der Waals surface area contributed by atoms with E-state index in [0.717, 1.165) is 11.4 Å². The summed E-state index contributed by atoms with van der Waals surface area (Å²) in [4.78, 5) is 16.2. The minimum atomic E-state index is -0.149. The summed E-state index contributed by atoms with van der Waals surface area (Å²) >= 11 is 0. The first kappa shape index (κ1) is 11.6. The van der Waals surface area contributed by atoms with Crippen LogP contribution in [0.25, 0.3) is 5.65 Å². The Morgan fingerprint density at radius 3 is 2.71 bits per heavy atom. The fourth-order valence-electron chi connectivity index (χ4n) is 1.69. The minimum Gasteiger partial charge on any atom is -0.349 e. The van der Waals surface area contributed by atoms with Gasteiger partial charge in [-0.05, 0) is 33.8 Å². The molecule has 2 aromatic heterocycles. The largest absolute Gasteiger partial charge is 0.349 e. The number of hydrogen-bond acceptors (Lipinski definition) is 3. The first-order valence-electron chi connectivity index (χ1n) is 5.62. The number of aryl methyl sites for hydroxylation is 2. The lowest BCUT2D eigenvalue weighted by Gasteiger charge is -2.08. The van der Waals surface area contributed by atoms with Gasteiger partial charge in [-0.3, -0.25) is 4.79 Å². The predicted molar refractivity (Wildman–Crippen MR) is 65.1 cm³/mol. The van der Waals surface area contributed by atoms with E-state index in [9.17, 15) is 4.79 Å². The third-order valence-corrected chi connectivity index (χ3v) is 2.38. The predicted octanol–water partition coefficient (Wildman–Crippen LogP) is 1.48. The molecular formula is C12H16N4O. The van der Waals surface area contributed by atoms with Gasteiger partial charge in [-0.1, -0.05) is 0 Å². The fraction of sp³-hybridized carbons (Fsp3) is 0.417. The lowest BCUT2D eigenvalue weighted by Crippen LogP contribution is -2.31. The molecule has 0 atom stereocenters. The normalized spacial score (nSPS) is 11.1. The van der Waals surface area contributed by atoms with Crippen molar-refractivity contribution in [1.29, 1.82) is 0 Å². The Bertz CT molecular complexity index is 571. The van der Waals surface area contributed by atoms with Gasteiger partial charge in [-0.15, -0.1) is 0 Å². The van der Waals surface area contributed by atoms with E-state index < -0.39 is 0 Å². The van der Waals surface area contributed by atoms with Crippen LogP contribution in [0.2, 0.25) is 0 Å². The Labute approximate surface area is 99.9 Å². The molecule has 5 nitrogen and oxygen atoms in total. The molecule has 0 radical (unpaired) electrons. The van der Waals surface area contributed by atoms with Crippen LogP contribution in [-0.2, 0) is 0 Å². The lowest BCUT2D eigenvalue weighted by molar-refractivity contribution is 0.0938. The summed E-state index contributed by atoms with van der Waals surface area (Å²) in [5, 5.41) is 7.12. The van der Waals surface area contributed by atoms with E-state index >= 15 is 0 Å². The quantitative estimate of drug-likeness (QED) is 0.853. The molecule has 1 amide bonds. The second kappa shape index (κ2) is 4.16. The molecule has 1 N–H and O–H groups in total. The second-order valence-corrected chi connectivity index (χ2v) is 4.47. The Morgan fingerprint density at radius 1 is 1.35 bits per heavy atom. The first-order chi connectivity index (χ1) is 7.97. The Morgan fingerprint density at radius 2 is 2.06 bits per heavy atom. The number of carbonyl (C=O) groups is 1. The molecule has 2 heterocycles. The Hall–Kier alpha value is -1.91. The summed E-state index contributed by atoms with van der Waals surface area (Å²) in [6.07, 6.45) is 0. The van der Waals surface area contributed by atoms with Crippen molar-refractivity contribution >= 4 is 11.6 Å². The summed E-state index contributed by atoms with van der Waals surface area (Å²) < 4.78 is 1.74. The lowest BCUT2D eigenvalue weighted by atomic mass is 10.3. The number of fused-ring (bicyclic) bond motifs is 1. The fourth-order valence-corrected chi connectivity index (χ4v) is 1.69. The summed E-state index contributed by atoms with van der Waals surface area (Å²) in [6.45, 7) is 7.66. The van der Waals surface area contributed by atoms with E-state index in [2.05, 4.69) is 15.4 Å². The molecule has 90 valence electrons. The molecule has 2 rings (SSSR count). The summed E-state index contributed by atoms with van der Waals surface area (Å²) in [6, 6.07) is 3.71. The van der Waals surface area contributed by atoms with Crippen molar-refractivity contribution in [2.24, 2.45) is 0 Å². The molecule has 2 aromatic rings. The van der Waals surface area contributed by atoms with Crippen molar-refractivity contribution in [1.82, 2.24) is 19.9 Å². The highest BCUT2D eigenvalue weighted by molar-refractivity contribution is 5.93. The maximum absolute atomic E-state index is 11.9. The van der Waals surface area contributed by atoms with E-state index in [4.69, 9.17) is 0 Å². The van der Waals surface area contributed by atoms with E-state index in [1.807, 2.05) is 33.8 Å². The average molecular weight is 232 g/mol. The van der Waals surface area contributed by atoms with Gasteiger partial charge in [0.05, 0.1) is 5.69 Å². The number of carbonyl (C=O) groups excluding carboxylic acids is 1. The molecule has 0 fully saturated rings. The Kier molecular flexibility index (Phi) is 2.83. The highest BCUT2D eigenvalue weighted by Gasteiger charge is 2.12. The van der Waals surface area contributed by atoms with Gasteiger partial charge in [0.15, 0.2) is 5.65 Å². The standard InChI is InChI=1S/C12H16N4O/c1-7(2)13-12(17)10-6-9(4)16-11(14-10)5-8(3)15-16/h5-7H,1-4H3,(H,13,17). The van der Waals surface area contributed by atoms with Crippen LogP contribution in [0.5, 0.6) is 0 Å². The molecule has 0 spiro atoms. The molecular weight excluding hydrogens is 216 g/mol. The van der Waals surface area contributed by atoms with Gasteiger partial charge in [0.1, 0.15) is 5.69 Å². The van der Waals surface area contributed by atoms with Crippen molar-refractivity contribution in [3.05, 3.63) is 29.2 Å². The van der Waals surface area contributed by atoms with Gasteiger partial charge >= 0.3 is 0 Å². The molecule has 0 saturated heterocycles. The summed E-state index contributed by atoms with van der Waals surface area (Å²) in [7, 11) is 0. The van der Waals surface area contributed by atoms with Gasteiger partial charge in [0.25, 0.3) is 5.91 Å². The van der Waals surface area contributed by atoms with Crippen molar-refractivity contribution in [2.45, 2.75) is 33.7 Å². The van der Waals surface area contributed by atoms with Crippen molar-refractivity contribution in [3.8, 4) is 0 Å². The molecule has 0 saturated carbocycles. The van der Waals surface area contributed by atoms with Gasteiger partial charge in [0.2, 0.25) is 0 Å². The zero-order chi connectivity index (χ0) is 12.6. The van der Waals surface area contributed by atoms with E-state index in [1.165, 1.54) is 0 Å². The molecule has 0 unspecified atom stereocenters. The second-order valence-electron chi connectivity index (χ2n) is 4.47. The summed E-state index contributed by atoms with van der Waals surface area (Å²) in [5.74, 6) is -0.149.